The Morgan fingerprint density at radius 1 is 1.47 bits per heavy atom. The van der Waals surface area contributed by atoms with E-state index in [1.165, 1.54) is 31.4 Å². The molecule has 1 aromatic heterocycles. The lowest BCUT2D eigenvalue weighted by molar-refractivity contribution is 0.279. The lowest BCUT2D eigenvalue weighted by Gasteiger charge is -2.26. The minimum atomic E-state index is 0.443. The highest BCUT2D eigenvalue weighted by molar-refractivity contribution is 5.08. The summed E-state index contributed by atoms with van der Waals surface area (Å²) < 4.78 is 2.32. The minimum Gasteiger partial charge on any atom is -0.334 e. The molecular weight excluding hydrogens is 210 g/mol. The van der Waals surface area contributed by atoms with Crippen molar-refractivity contribution >= 4 is 0 Å². The number of imidazole rings is 1. The molecule has 96 valence electrons. The maximum Gasteiger partial charge on any atom is 0.0948 e. The standard InChI is InChI=1S/C14H25N3/c1-11(2)13(8-15)14-9-16-10-17(14)7-6-12-4-3-5-12/h9-13H,3-8,15H2,1-2H3. The summed E-state index contributed by atoms with van der Waals surface area (Å²) in [7, 11) is 0. The van der Waals surface area contributed by atoms with E-state index in [-0.39, 0.29) is 0 Å². The van der Waals surface area contributed by atoms with Gasteiger partial charge in [0.05, 0.1) is 6.33 Å². The third-order valence-electron chi connectivity index (χ3n) is 4.19. The summed E-state index contributed by atoms with van der Waals surface area (Å²) in [4.78, 5) is 4.30. The summed E-state index contributed by atoms with van der Waals surface area (Å²) in [5.74, 6) is 1.98. The Morgan fingerprint density at radius 2 is 2.24 bits per heavy atom. The highest BCUT2D eigenvalue weighted by Gasteiger charge is 2.20. The fourth-order valence-electron chi connectivity index (χ4n) is 2.66. The Kier molecular flexibility index (Phi) is 4.21. The van der Waals surface area contributed by atoms with Crippen molar-refractivity contribution < 1.29 is 0 Å². The van der Waals surface area contributed by atoms with Gasteiger partial charge in [0.25, 0.3) is 0 Å². The van der Waals surface area contributed by atoms with Gasteiger partial charge in [-0.15, -0.1) is 0 Å². The van der Waals surface area contributed by atoms with E-state index >= 15 is 0 Å². The lowest BCUT2D eigenvalue weighted by Crippen LogP contribution is -2.22. The number of hydrogen-bond donors (Lipinski definition) is 1. The molecule has 0 radical (unpaired) electrons. The van der Waals surface area contributed by atoms with Gasteiger partial charge < -0.3 is 10.3 Å². The van der Waals surface area contributed by atoms with Crippen molar-refractivity contribution in [3.05, 3.63) is 18.2 Å². The van der Waals surface area contributed by atoms with Crippen LogP contribution in [0, 0.1) is 11.8 Å². The van der Waals surface area contributed by atoms with Crippen LogP contribution in [-0.2, 0) is 6.54 Å². The molecule has 17 heavy (non-hydrogen) atoms. The molecule has 2 rings (SSSR count). The summed E-state index contributed by atoms with van der Waals surface area (Å²) in [6, 6.07) is 0. The van der Waals surface area contributed by atoms with Gasteiger partial charge in [-0.25, -0.2) is 4.98 Å². The zero-order chi connectivity index (χ0) is 12.3. The predicted molar refractivity (Wildman–Crippen MR) is 70.8 cm³/mol. The first-order valence-corrected chi connectivity index (χ1v) is 6.92. The fourth-order valence-corrected chi connectivity index (χ4v) is 2.66. The van der Waals surface area contributed by atoms with Crippen LogP contribution in [-0.4, -0.2) is 16.1 Å². The highest BCUT2D eigenvalue weighted by Crippen LogP contribution is 2.30. The first-order chi connectivity index (χ1) is 8.22. The average Bonchev–Trinajstić information content (AvgIpc) is 2.65. The topological polar surface area (TPSA) is 43.8 Å². The van der Waals surface area contributed by atoms with E-state index in [1.54, 1.807) is 0 Å². The van der Waals surface area contributed by atoms with Crippen LogP contribution < -0.4 is 5.73 Å². The Balaban J connectivity index is 1.99. The van der Waals surface area contributed by atoms with Gasteiger partial charge in [-0.05, 0) is 18.3 Å². The van der Waals surface area contributed by atoms with Crippen LogP contribution >= 0.6 is 0 Å². The normalized spacial score (nSPS) is 18.4. The predicted octanol–water partition coefficient (Wildman–Crippen LogP) is 2.77. The molecule has 1 aliphatic carbocycles. The van der Waals surface area contributed by atoms with Crippen LogP contribution in [0.3, 0.4) is 0 Å². The average molecular weight is 235 g/mol. The molecular formula is C14H25N3. The van der Waals surface area contributed by atoms with Crippen molar-refractivity contribution in [2.45, 2.75) is 52.0 Å². The Hall–Kier alpha value is -0.830. The Morgan fingerprint density at radius 3 is 2.76 bits per heavy atom. The molecule has 0 saturated heterocycles. The number of rotatable bonds is 6. The maximum absolute atomic E-state index is 5.89. The van der Waals surface area contributed by atoms with E-state index < -0.39 is 0 Å². The molecule has 1 saturated carbocycles. The Bertz CT molecular complexity index is 339. The van der Waals surface area contributed by atoms with Crippen molar-refractivity contribution in [3.63, 3.8) is 0 Å². The van der Waals surface area contributed by atoms with Gasteiger partial charge in [0, 0.05) is 30.9 Å². The van der Waals surface area contributed by atoms with Gasteiger partial charge in [0.2, 0.25) is 0 Å². The van der Waals surface area contributed by atoms with Gasteiger partial charge >= 0.3 is 0 Å². The summed E-state index contributed by atoms with van der Waals surface area (Å²) in [6.45, 7) is 6.30. The molecule has 0 amide bonds. The van der Waals surface area contributed by atoms with Crippen LogP contribution in [0.15, 0.2) is 12.5 Å². The summed E-state index contributed by atoms with van der Waals surface area (Å²) in [5.41, 5.74) is 7.21. The number of nitrogens with zero attached hydrogens (tertiary/aromatic N) is 2. The van der Waals surface area contributed by atoms with Crippen LogP contribution in [0.2, 0.25) is 0 Å². The molecule has 1 fully saturated rings. The number of hydrogen-bond acceptors (Lipinski definition) is 2. The fraction of sp³-hybridized carbons (Fsp3) is 0.786. The second-order valence-electron chi connectivity index (χ2n) is 5.68. The van der Waals surface area contributed by atoms with Gasteiger partial charge in [0.15, 0.2) is 0 Å². The lowest BCUT2D eigenvalue weighted by atomic mass is 9.83. The van der Waals surface area contributed by atoms with E-state index in [1.807, 2.05) is 12.5 Å². The molecule has 1 atom stereocenters. The second kappa shape index (κ2) is 5.67. The highest BCUT2D eigenvalue weighted by atomic mass is 15.0. The van der Waals surface area contributed by atoms with Gasteiger partial charge in [-0.2, -0.15) is 0 Å². The number of nitrogens with two attached hydrogens (primary N) is 1. The molecule has 0 aliphatic heterocycles. The molecule has 1 heterocycles. The monoisotopic (exact) mass is 235 g/mol. The smallest absolute Gasteiger partial charge is 0.0948 e. The van der Waals surface area contributed by atoms with Gasteiger partial charge in [0.1, 0.15) is 0 Å². The zero-order valence-electron chi connectivity index (χ0n) is 11.1. The number of aryl methyl sites for hydroxylation is 1. The van der Waals surface area contributed by atoms with Crippen molar-refractivity contribution in [2.24, 2.45) is 17.6 Å². The molecule has 0 spiro atoms. The second-order valence-corrected chi connectivity index (χ2v) is 5.68. The molecule has 1 unspecified atom stereocenters. The number of aromatic nitrogens is 2. The minimum absolute atomic E-state index is 0.443. The zero-order valence-corrected chi connectivity index (χ0v) is 11.1. The maximum atomic E-state index is 5.89. The van der Waals surface area contributed by atoms with Crippen LogP contribution in [0.5, 0.6) is 0 Å². The van der Waals surface area contributed by atoms with Gasteiger partial charge in [-0.3, -0.25) is 0 Å². The van der Waals surface area contributed by atoms with Crippen LogP contribution in [0.4, 0.5) is 0 Å². The summed E-state index contributed by atoms with van der Waals surface area (Å²) in [5, 5.41) is 0. The molecule has 3 nitrogen and oxygen atoms in total. The van der Waals surface area contributed by atoms with Crippen molar-refractivity contribution in [1.29, 1.82) is 0 Å². The first-order valence-electron chi connectivity index (χ1n) is 6.92. The molecule has 0 aromatic carbocycles. The SMILES string of the molecule is CC(C)C(CN)c1cncn1CCC1CCC1. The quantitative estimate of drug-likeness (QED) is 0.824. The van der Waals surface area contributed by atoms with E-state index in [9.17, 15) is 0 Å². The molecule has 1 aromatic rings. The van der Waals surface area contributed by atoms with Crippen LogP contribution in [0.1, 0.15) is 51.1 Å². The van der Waals surface area contributed by atoms with E-state index in [0.29, 0.717) is 18.4 Å². The summed E-state index contributed by atoms with van der Waals surface area (Å²) >= 11 is 0. The molecule has 2 N–H and O–H groups in total. The van der Waals surface area contributed by atoms with E-state index in [4.69, 9.17) is 5.73 Å². The first kappa shape index (κ1) is 12.6. The Labute approximate surface area is 104 Å². The third kappa shape index (κ3) is 2.89. The van der Waals surface area contributed by atoms with E-state index in [0.717, 1.165) is 12.5 Å². The summed E-state index contributed by atoms with van der Waals surface area (Å²) in [6.07, 6.45) is 9.55. The van der Waals surface area contributed by atoms with Crippen molar-refractivity contribution in [3.8, 4) is 0 Å². The van der Waals surface area contributed by atoms with Crippen LogP contribution in [0.25, 0.3) is 0 Å². The molecule has 3 heteroatoms. The third-order valence-corrected chi connectivity index (χ3v) is 4.19. The largest absolute Gasteiger partial charge is 0.334 e. The van der Waals surface area contributed by atoms with Gasteiger partial charge in [-0.1, -0.05) is 33.1 Å². The van der Waals surface area contributed by atoms with E-state index in [2.05, 4.69) is 23.4 Å². The molecule has 0 bridgehead atoms. The van der Waals surface area contributed by atoms with Crippen molar-refractivity contribution in [2.75, 3.05) is 6.54 Å². The van der Waals surface area contributed by atoms with Crippen molar-refractivity contribution in [1.82, 2.24) is 9.55 Å². The molecule has 1 aliphatic rings.